The molecule has 0 aliphatic rings. The third-order valence-corrected chi connectivity index (χ3v) is 5.11. The number of guanidine groups is 1. The molecular formula is C23H26N10O2. The van der Waals surface area contributed by atoms with Gasteiger partial charge in [0.1, 0.15) is 17.4 Å². The fourth-order valence-corrected chi connectivity index (χ4v) is 3.51. The summed E-state index contributed by atoms with van der Waals surface area (Å²) >= 11 is 0. The SMILES string of the molecule is CCc1nc2c(Oc3cccc(NC(=N)N)c3)nc(Oc3cc(C(=N)N)ccc3N)nc2n1CC. The molecule has 12 heteroatoms. The van der Waals surface area contributed by atoms with E-state index in [1.54, 1.807) is 42.5 Å². The second kappa shape index (κ2) is 9.55. The number of hydrogen-bond donors (Lipinski definition) is 6. The summed E-state index contributed by atoms with van der Waals surface area (Å²) in [6.45, 7) is 4.63. The molecule has 35 heavy (non-hydrogen) atoms. The fraction of sp³-hybridized carbons (Fsp3) is 0.174. The molecule has 0 amide bonds. The topological polar surface area (TPSA) is 200 Å². The van der Waals surface area contributed by atoms with Gasteiger partial charge in [0.05, 0.1) is 5.69 Å². The molecule has 12 nitrogen and oxygen atoms in total. The molecule has 0 unspecified atom stereocenters. The van der Waals surface area contributed by atoms with Crippen LogP contribution in [-0.4, -0.2) is 31.3 Å². The Bertz CT molecular complexity index is 1430. The highest BCUT2D eigenvalue weighted by molar-refractivity contribution is 5.96. The summed E-state index contributed by atoms with van der Waals surface area (Å²) in [6, 6.07) is 11.7. The minimum absolute atomic E-state index is 0.00447. The third-order valence-electron chi connectivity index (χ3n) is 5.11. The van der Waals surface area contributed by atoms with Crippen molar-refractivity contribution in [3.8, 4) is 23.4 Å². The number of hydrogen-bond acceptors (Lipinski definition) is 8. The first kappa shape index (κ1) is 23.3. The Labute approximate surface area is 201 Å². The van der Waals surface area contributed by atoms with Gasteiger partial charge in [-0.05, 0) is 37.3 Å². The molecule has 0 spiro atoms. The van der Waals surface area contributed by atoms with E-state index in [4.69, 9.17) is 42.5 Å². The lowest BCUT2D eigenvalue weighted by Crippen LogP contribution is -2.20. The number of nitrogens with zero attached hydrogens (tertiary/aromatic N) is 4. The van der Waals surface area contributed by atoms with Gasteiger partial charge in [0.2, 0.25) is 0 Å². The monoisotopic (exact) mass is 474 g/mol. The molecule has 0 saturated carbocycles. The van der Waals surface area contributed by atoms with E-state index >= 15 is 0 Å². The van der Waals surface area contributed by atoms with Crippen molar-refractivity contribution in [2.24, 2.45) is 11.5 Å². The Balaban J connectivity index is 1.81. The van der Waals surface area contributed by atoms with Crippen molar-refractivity contribution in [1.82, 2.24) is 19.5 Å². The van der Waals surface area contributed by atoms with Crippen LogP contribution in [0.25, 0.3) is 11.2 Å². The molecule has 2 aromatic carbocycles. The summed E-state index contributed by atoms with van der Waals surface area (Å²) in [5.41, 5.74) is 19.5. The molecule has 0 aliphatic carbocycles. The van der Waals surface area contributed by atoms with Gasteiger partial charge in [0.25, 0.3) is 5.88 Å². The number of imidazole rings is 1. The Hall–Kier alpha value is -4.87. The number of aromatic nitrogens is 4. The average Bonchev–Trinajstić information content (AvgIpc) is 3.18. The zero-order chi connectivity index (χ0) is 25.1. The Morgan fingerprint density at radius 3 is 2.51 bits per heavy atom. The van der Waals surface area contributed by atoms with Crippen LogP contribution in [0.5, 0.6) is 23.4 Å². The first-order chi connectivity index (χ1) is 16.8. The van der Waals surface area contributed by atoms with Crippen LogP contribution in [0.4, 0.5) is 11.4 Å². The lowest BCUT2D eigenvalue weighted by atomic mass is 10.2. The van der Waals surface area contributed by atoms with Crippen LogP contribution in [0.1, 0.15) is 25.2 Å². The largest absolute Gasteiger partial charge is 0.437 e. The zero-order valence-electron chi connectivity index (χ0n) is 19.3. The molecule has 4 rings (SSSR count). The van der Waals surface area contributed by atoms with Crippen LogP contribution in [0.3, 0.4) is 0 Å². The van der Waals surface area contributed by atoms with E-state index in [0.717, 1.165) is 5.82 Å². The van der Waals surface area contributed by atoms with E-state index in [9.17, 15) is 0 Å². The zero-order valence-corrected chi connectivity index (χ0v) is 19.3. The van der Waals surface area contributed by atoms with Gasteiger partial charge in [-0.15, -0.1) is 0 Å². The second-order valence-electron chi connectivity index (χ2n) is 7.55. The minimum Gasteiger partial charge on any atom is -0.437 e. The van der Waals surface area contributed by atoms with E-state index in [0.29, 0.717) is 46.8 Å². The number of fused-ring (bicyclic) bond motifs is 1. The number of ether oxygens (including phenoxy) is 2. The maximum Gasteiger partial charge on any atom is 0.327 e. The first-order valence-electron chi connectivity index (χ1n) is 10.9. The fourth-order valence-electron chi connectivity index (χ4n) is 3.51. The van der Waals surface area contributed by atoms with Crippen molar-refractivity contribution in [3.05, 3.63) is 53.9 Å². The highest BCUT2D eigenvalue weighted by Crippen LogP contribution is 2.33. The van der Waals surface area contributed by atoms with Crippen molar-refractivity contribution < 1.29 is 9.47 Å². The second-order valence-corrected chi connectivity index (χ2v) is 7.55. The van der Waals surface area contributed by atoms with Gasteiger partial charge in [-0.25, -0.2) is 4.98 Å². The molecule has 0 fully saturated rings. The Morgan fingerprint density at radius 1 is 1.03 bits per heavy atom. The van der Waals surface area contributed by atoms with E-state index in [1.807, 2.05) is 18.4 Å². The smallest absolute Gasteiger partial charge is 0.327 e. The Kier molecular flexibility index (Phi) is 6.36. The van der Waals surface area contributed by atoms with Gasteiger partial charge in [-0.2, -0.15) is 9.97 Å². The maximum absolute atomic E-state index is 7.68. The predicted molar refractivity (Wildman–Crippen MR) is 134 cm³/mol. The number of rotatable bonds is 8. The number of nitrogen functional groups attached to an aromatic ring is 2. The number of amidine groups is 1. The van der Waals surface area contributed by atoms with Crippen molar-refractivity contribution in [3.63, 3.8) is 0 Å². The average molecular weight is 475 g/mol. The lowest BCUT2D eigenvalue weighted by molar-refractivity contribution is 0.417. The summed E-state index contributed by atoms with van der Waals surface area (Å²) in [6.07, 6.45) is 0.686. The standard InChI is InChI=1S/C23H26N10O2/c1-3-17-30-18-20(33(17)4-2)31-23(35-16-10-12(19(25)26)8-9-15(16)24)32-21(18)34-14-7-5-6-13(11-14)29-22(27)28/h5-11H,3-4,24H2,1-2H3,(H3,25,26)(H4,27,28,29). The van der Waals surface area contributed by atoms with Gasteiger partial charge in [-0.1, -0.05) is 13.0 Å². The molecule has 0 radical (unpaired) electrons. The van der Waals surface area contributed by atoms with Crippen molar-refractivity contribution in [2.75, 3.05) is 11.1 Å². The molecule has 0 aliphatic heterocycles. The van der Waals surface area contributed by atoms with Crippen molar-refractivity contribution in [2.45, 2.75) is 26.8 Å². The van der Waals surface area contributed by atoms with Crippen molar-refractivity contribution in [1.29, 1.82) is 10.8 Å². The molecule has 0 atom stereocenters. The number of aryl methyl sites for hydroxylation is 2. The number of nitrogens with one attached hydrogen (secondary N) is 3. The van der Waals surface area contributed by atoms with E-state index < -0.39 is 0 Å². The molecule has 0 saturated heterocycles. The lowest BCUT2D eigenvalue weighted by Gasteiger charge is -2.12. The van der Waals surface area contributed by atoms with E-state index in [1.165, 1.54) is 0 Å². The molecule has 9 N–H and O–H groups in total. The van der Waals surface area contributed by atoms with Gasteiger partial charge < -0.3 is 36.6 Å². The third kappa shape index (κ3) is 4.90. The maximum atomic E-state index is 7.68. The molecule has 2 aromatic heterocycles. The summed E-state index contributed by atoms with van der Waals surface area (Å²) < 4.78 is 14.0. The van der Waals surface area contributed by atoms with Gasteiger partial charge in [0.15, 0.2) is 22.9 Å². The highest BCUT2D eigenvalue weighted by atomic mass is 16.5. The summed E-state index contributed by atoms with van der Waals surface area (Å²) in [5.74, 6) is 1.41. The quantitative estimate of drug-likeness (QED) is 0.126. The molecule has 4 aromatic rings. The van der Waals surface area contributed by atoms with Gasteiger partial charge in [-0.3, -0.25) is 10.8 Å². The van der Waals surface area contributed by atoms with Crippen LogP contribution in [0.15, 0.2) is 42.5 Å². The normalized spacial score (nSPS) is 10.8. The summed E-state index contributed by atoms with van der Waals surface area (Å²) in [5, 5.41) is 17.8. The first-order valence-corrected chi connectivity index (χ1v) is 10.9. The number of benzene rings is 2. The van der Waals surface area contributed by atoms with Crippen LogP contribution >= 0.6 is 0 Å². The Morgan fingerprint density at radius 2 is 1.83 bits per heavy atom. The highest BCUT2D eigenvalue weighted by Gasteiger charge is 2.20. The number of anilines is 2. The van der Waals surface area contributed by atoms with Crippen LogP contribution < -0.4 is 32.0 Å². The summed E-state index contributed by atoms with van der Waals surface area (Å²) in [7, 11) is 0. The van der Waals surface area contributed by atoms with Crippen LogP contribution in [0, 0.1) is 10.8 Å². The minimum atomic E-state index is -0.193. The molecule has 180 valence electrons. The van der Waals surface area contributed by atoms with Gasteiger partial charge in [0, 0.05) is 30.3 Å². The van der Waals surface area contributed by atoms with Gasteiger partial charge >= 0.3 is 6.01 Å². The van der Waals surface area contributed by atoms with Crippen LogP contribution in [0.2, 0.25) is 0 Å². The van der Waals surface area contributed by atoms with E-state index in [2.05, 4.69) is 15.3 Å². The van der Waals surface area contributed by atoms with E-state index in [-0.39, 0.29) is 29.4 Å². The molecular weight excluding hydrogens is 448 g/mol. The predicted octanol–water partition coefficient (Wildman–Crippen LogP) is 3.16. The molecule has 2 heterocycles. The number of nitrogens with two attached hydrogens (primary N) is 3. The van der Waals surface area contributed by atoms with Crippen molar-refractivity contribution >= 4 is 34.3 Å². The van der Waals surface area contributed by atoms with Crippen LogP contribution in [-0.2, 0) is 13.0 Å². The summed E-state index contributed by atoms with van der Waals surface area (Å²) in [4.78, 5) is 13.7. The molecule has 0 bridgehead atoms.